The summed E-state index contributed by atoms with van der Waals surface area (Å²) in [4.78, 5) is 5.42. The van der Waals surface area contributed by atoms with Crippen molar-refractivity contribution < 1.29 is 0 Å². The van der Waals surface area contributed by atoms with Gasteiger partial charge in [-0.2, -0.15) is 0 Å². The molecule has 0 radical (unpaired) electrons. The molecule has 102 heavy (non-hydrogen) atoms. The van der Waals surface area contributed by atoms with Gasteiger partial charge < -0.3 is 14.4 Å². The van der Waals surface area contributed by atoms with Gasteiger partial charge in [-0.3, -0.25) is 0 Å². The SMILES string of the molecule is c1ccc(-c2cc(-c3ccccc3)c(N3c4cc(-c5ccccc5)ccc4B4c5ccc(-c6ccccc6)cc5N(c5c(-c6ccccc6)cc(-c6ccccc6)cc5-c5ccccc5)c5cc(-n6c7ccc8cccc9c%10cccc%11ccc6c(c%11%10)c7c89)cc3c54)c(-c3ccccc3)c2)cc1. The van der Waals surface area contributed by atoms with Gasteiger partial charge in [0.15, 0.2) is 0 Å². The standard InChI is InChI=1S/C98H62BN3/c1-9-27-63(28-10-1)73-47-51-84-88(59-73)101(97-80(67-35-17-5-18-36-67)55-75(65-31-13-3-14-32-65)56-81(97)68-37-19-6-20-38-68)90-61-77(100-86-53-49-71-43-25-45-78-79-46-26-44-72-50-54-87(100)95(93(72)79)94(86)92(71)78)62-91-96(90)99(84)85-52-48-74(64-29-11-2-12-30-64)60-89(85)102(91)98-82(69-39-21-7-22-40-69)57-76(66-33-15-4-16-34-66)58-83(98)70-41-23-8-24-42-70/h1-62H. The zero-order valence-electron chi connectivity index (χ0n) is 55.7. The van der Waals surface area contributed by atoms with Gasteiger partial charge in [-0.25, -0.2) is 0 Å². The molecule has 0 aliphatic carbocycles. The molecule has 3 nitrogen and oxygen atoms in total. The lowest BCUT2D eigenvalue weighted by atomic mass is 9.33. The molecule has 4 heteroatoms. The van der Waals surface area contributed by atoms with E-state index in [4.69, 9.17) is 0 Å². The van der Waals surface area contributed by atoms with Gasteiger partial charge >= 0.3 is 0 Å². The Morgan fingerprint density at radius 1 is 0.206 bits per heavy atom. The third kappa shape index (κ3) is 8.96. The van der Waals surface area contributed by atoms with Crippen molar-refractivity contribution in [2.45, 2.75) is 0 Å². The van der Waals surface area contributed by atoms with E-state index in [1.807, 2.05) is 0 Å². The number of nitrogens with zero attached hydrogens (tertiary/aromatic N) is 3. The minimum Gasteiger partial charge on any atom is -0.310 e. The minimum absolute atomic E-state index is 0.248. The van der Waals surface area contributed by atoms with Crippen LogP contribution in [0, 0.1) is 0 Å². The molecule has 1 aromatic heterocycles. The summed E-state index contributed by atoms with van der Waals surface area (Å²) < 4.78 is 2.62. The first-order chi connectivity index (χ1) is 50.6. The van der Waals surface area contributed by atoms with E-state index >= 15 is 0 Å². The third-order valence-electron chi connectivity index (χ3n) is 21.8. The monoisotopic (exact) mass is 1290 g/mol. The van der Waals surface area contributed by atoms with Gasteiger partial charge in [0, 0.05) is 55.8 Å². The number of benzene rings is 18. The first kappa shape index (κ1) is 57.8. The average Bonchev–Trinajstić information content (AvgIpc) is 1.44. The summed E-state index contributed by atoms with van der Waals surface area (Å²) in [7, 11) is 0. The molecule has 0 bridgehead atoms. The fourth-order valence-electron chi connectivity index (χ4n) is 17.4. The molecule has 0 unspecified atom stereocenters. The lowest BCUT2D eigenvalue weighted by Gasteiger charge is -2.46. The molecule has 2 aliphatic rings. The van der Waals surface area contributed by atoms with Gasteiger partial charge in [0.25, 0.3) is 6.71 Å². The summed E-state index contributed by atoms with van der Waals surface area (Å²) >= 11 is 0. The molecule has 19 aromatic rings. The van der Waals surface area contributed by atoms with Crippen LogP contribution in [0.2, 0.25) is 0 Å². The van der Waals surface area contributed by atoms with E-state index < -0.39 is 0 Å². The molecule has 0 amide bonds. The van der Waals surface area contributed by atoms with Crippen LogP contribution in [0.25, 0.3) is 149 Å². The molecule has 18 aromatic carbocycles. The Morgan fingerprint density at radius 3 is 0.853 bits per heavy atom. The number of hydrogen-bond donors (Lipinski definition) is 0. The van der Waals surface area contributed by atoms with E-state index in [1.54, 1.807) is 0 Å². The van der Waals surface area contributed by atoms with E-state index in [2.05, 4.69) is 390 Å². The molecular weight excluding hydrogens is 1230 g/mol. The Kier molecular flexibility index (Phi) is 13.1. The molecule has 472 valence electrons. The number of fused-ring (bicyclic) bond motifs is 5. The average molecular weight is 1290 g/mol. The lowest BCUT2D eigenvalue weighted by Crippen LogP contribution is -2.61. The number of hydrogen-bond acceptors (Lipinski definition) is 2. The smallest absolute Gasteiger partial charge is 0.252 e. The largest absolute Gasteiger partial charge is 0.310 e. The van der Waals surface area contributed by atoms with Crippen molar-refractivity contribution in [1.82, 2.24) is 4.57 Å². The molecule has 0 saturated heterocycles. The van der Waals surface area contributed by atoms with Crippen molar-refractivity contribution >= 4 is 111 Å². The van der Waals surface area contributed by atoms with Crippen LogP contribution in [0.5, 0.6) is 0 Å². The maximum atomic E-state index is 2.71. The van der Waals surface area contributed by atoms with Crippen LogP contribution in [0.1, 0.15) is 0 Å². The van der Waals surface area contributed by atoms with Gasteiger partial charge in [0.1, 0.15) is 0 Å². The predicted octanol–water partition coefficient (Wildman–Crippen LogP) is 24.5. The zero-order valence-corrected chi connectivity index (χ0v) is 55.7. The molecule has 21 rings (SSSR count). The van der Waals surface area contributed by atoms with Crippen molar-refractivity contribution in [3.05, 3.63) is 376 Å². The first-order valence-electron chi connectivity index (χ1n) is 35.4. The molecule has 0 atom stereocenters. The van der Waals surface area contributed by atoms with Gasteiger partial charge in [-0.15, -0.1) is 0 Å². The molecule has 0 spiro atoms. The third-order valence-corrected chi connectivity index (χ3v) is 21.8. The number of rotatable bonds is 11. The second-order valence-corrected chi connectivity index (χ2v) is 27.4. The maximum Gasteiger partial charge on any atom is 0.252 e. The van der Waals surface area contributed by atoms with Crippen molar-refractivity contribution in [3.63, 3.8) is 0 Å². The summed E-state index contributed by atoms with van der Waals surface area (Å²) in [5.41, 5.74) is 31.9. The summed E-state index contributed by atoms with van der Waals surface area (Å²) in [6.07, 6.45) is 0. The quantitative estimate of drug-likeness (QED) is 0.0726. The van der Waals surface area contributed by atoms with Gasteiger partial charge in [-0.1, -0.05) is 315 Å². The molecule has 3 heterocycles. The van der Waals surface area contributed by atoms with Crippen LogP contribution in [-0.4, -0.2) is 11.3 Å². The van der Waals surface area contributed by atoms with Gasteiger partial charge in [-0.05, 0) is 176 Å². The van der Waals surface area contributed by atoms with Gasteiger partial charge in [0.05, 0.1) is 28.1 Å². The Labute approximate surface area is 592 Å². The molecule has 2 aliphatic heterocycles. The van der Waals surface area contributed by atoms with E-state index in [9.17, 15) is 0 Å². The fourth-order valence-corrected chi connectivity index (χ4v) is 17.4. The summed E-state index contributed by atoms with van der Waals surface area (Å²) in [5, 5.41) is 10.2. The normalized spacial score (nSPS) is 12.5. The summed E-state index contributed by atoms with van der Waals surface area (Å²) in [6.45, 7) is -0.248. The highest BCUT2D eigenvalue weighted by Crippen LogP contribution is 2.57. The number of anilines is 6. The Bertz CT molecular complexity index is 5950. The van der Waals surface area contributed by atoms with Crippen molar-refractivity contribution in [2.24, 2.45) is 0 Å². The second kappa shape index (κ2) is 23.2. The predicted molar refractivity (Wildman–Crippen MR) is 433 cm³/mol. The molecule has 0 saturated carbocycles. The van der Waals surface area contributed by atoms with Crippen LogP contribution < -0.4 is 26.2 Å². The second-order valence-electron chi connectivity index (χ2n) is 27.4. The van der Waals surface area contributed by atoms with Crippen molar-refractivity contribution in [3.8, 4) is 94.7 Å². The van der Waals surface area contributed by atoms with E-state index in [-0.39, 0.29) is 6.71 Å². The zero-order chi connectivity index (χ0) is 66.9. The van der Waals surface area contributed by atoms with E-state index in [0.29, 0.717) is 0 Å². The van der Waals surface area contributed by atoms with Gasteiger partial charge in [0.2, 0.25) is 0 Å². The van der Waals surface area contributed by atoms with Crippen molar-refractivity contribution in [1.29, 1.82) is 0 Å². The summed E-state index contributed by atoms with van der Waals surface area (Å²) in [5.74, 6) is 0. The van der Waals surface area contributed by atoms with Crippen LogP contribution in [0.4, 0.5) is 34.1 Å². The van der Waals surface area contributed by atoms with Crippen LogP contribution >= 0.6 is 0 Å². The van der Waals surface area contributed by atoms with E-state index in [1.165, 1.54) is 70.5 Å². The van der Waals surface area contributed by atoms with Crippen LogP contribution in [0.15, 0.2) is 376 Å². The lowest BCUT2D eigenvalue weighted by molar-refractivity contribution is 1.16. The minimum atomic E-state index is -0.248. The molecule has 0 fully saturated rings. The van der Waals surface area contributed by atoms with Crippen LogP contribution in [-0.2, 0) is 0 Å². The maximum absolute atomic E-state index is 2.71. The highest BCUT2D eigenvalue weighted by molar-refractivity contribution is 7.00. The molecular formula is C98H62BN3. The van der Waals surface area contributed by atoms with E-state index in [0.717, 1.165) is 129 Å². The Morgan fingerprint density at radius 2 is 0.520 bits per heavy atom. The highest BCUT2D eigenvalue weighted by atomic mass is 15.2. The topological polar surface area (TPSA) is 11.4 Å². The summed E-state index contributed by atoms with van der Waals surface area (Å²) in [6, 6.07) is 141. The number of aromatic nitrogens is 1. The van der Waals surface area contributed by atoms with Crippen molar-refractivity contribution in [2.75, 3.05) is 9.80 Å². The first-order valence-corrected chi connectivity index (χ1v) is 35.4. The highest BCUT2D eigenvalue weighted by Gasteiger charge is 2.46. The van der Waals surface area contributed by atoms with Crippen LogP contribution in [0.3, 0.4) is 0 Å². The molecule has 0 N–H and O–H groups in total. The Hall–Kier alpha value is -13.3. The Balaban J connectivity index is 0.980. The fraction of sp³-hybridized carbons (Fsp3) is 0.